The topological polar surface area (TPSA) is 3.24 Å². The lowest BCUT2D eigenvalue weighted by Gasteiger charge is -2.23. The maximum Gasteiger partial charge on any atom is 0.0401 e. The molecule has 1 nitrogen and oxygen atoms in total. The van der Waals surface area contributed by atoms with Crippen molar-refractivity contribution >= 4 is 5.69 Å². The molecule has 1 heterocycles. The van der Waals surface area contributed by atoms with E-state index in [0.29, 0.717) is 0 Å². The average Bonchev–Trinajstić information content (AvgIpc) is 2.39. The monoisotopic (exact) mass is 189 g/mol. The zero-order chi connectivity index (χ0) is 9.97. The predicted molar refractivity (Wildman–Crippen MR) is 62.0 cm³/mol. The summed E-state index contributed by atoms with van der Waals surface area (Å²) in [5.41, 5.74) is 4.39. The fourth-order valence-electron chi connectivity index (χ4n) is 2.25. The molecule has 0 saturated heterocycles. The SMILES string of the molecule is CCN1CCCCc2ccc(C)cc21. The standard InChI is InChI=1S/C13H19N/c1-3-14-9-5-4-6-12-8-7-11(2)10-13(12)14/h7-8,10H,3-6,9H2,1-2H3. The number of benzene rings is 1. The molecule has 0 saturated carbocycles. The molecule has 0 aromatic heterocycles. The van der Waals surface area contributed by atoms with E-state index in [2.05, 4.69) is 36.9 Å². The summed E-state index contributed by atoms with van der Waals surface area (Å²) in [4.78, 5) is 2.51. The second-order valence-corrected chi connectivity index (χ2v) is 4.17. The van der Waals surface area contributed by atoms with Crippen LogP contribution in [0.1, 0.15) is 30.9 Å². The van der Waals surface area contributed by atoms with E-state index in [-0.39, 0.29) is 0 Å². The molecule has 0 aliphatic carbocycles. The molecule has 1 aromatic rings. The number of aryl methyl sites for hydroxylation is 2. The molecule has 1 aliphatic rings. The Morgan fingerprint density at radius 3 is 2.93 bits per heavy atom. The Morgan fingerprint density at radius 2 is 2.14 bits per heavy atom. The maximum atomic E-state index is 2.51. The summed E-state index contributed by atoms with van der Waals surface area (Å²) in [6.45, 7) is 6.79. The van der Waals surface area contributed by atoms with Crippen LogP contribution < -0.4 is 4.90 Å². The van der Waals surface area contributed by atoms with Gasteiger partial charge in [0, 0.05) is 18.8 Å². The Labute approximate surface area is 86.7 Å². The summed E-state index contributed by atoms with van der Waals surface area (Å²) >= 11 is 0. The first-order valence-corrected chi connectivity index (χ1v) is 5.65. The van der Waals surface area contributed by atoms with Gasteiger partial charge in [0.05, 0.1) is 0 Å². The Balaban J connectivity index is 2.40. The Hall–Kier alpha value is -0.980. The minimum atomic E-state index is 1.14. The van der Waals surface area contributed by atoms with Crippen LogP contribution >= 0.6 is 0 Å². The van der Waals surface area contributed by atoms with Crippen LogP contribution in [-0.2, 0) is 6.42 Å². The van der Waals surface area contributed by atoms with Gasteiger partial charge in [0.2, 0.25) is 0 Å². The molecular formula is C13H19N. The van der Waals surface area contributed by atoms with Crippen molar-refractivity contribution < 1.29 is 0 Å². The molecule has 2 rings (SSSR count). The van der Waals surface area contributed by atoms with Crippen LogP contribution in [0.3, 0.4) is 0 Å². The summed E-state index contributed by atoms with van der Waals surface area (Å²) < 4.78 is 0. The summed E-state index contributed by atoms with van der Waals surface area (Å²) in [6, 6.07) is 6.88. The van der Waals surface area contributed by atoms with Gasteiger partial charge in [-0.2, -0.15) is 0 Å². The van der Waals surface area contributed by atoms with Crippen LogP contribution in [0, 0.1) is 6.92 Å². The van der Waals surface area contributed by atoms with Crippen molar-refractivity contribution in [1.29, 1.82) is 0 Å². The highest BCUT2D eigenvalue weighted by molar-refractivity contribution is 5.56. The van der Waals surface area contributed by atoms with Crippen LogP contribution in [0.5, 0.6) is 0 Å². The van der Waals surface area contributed by atoms with Gasteiger partial charge in [-0.15, -0.1) is 0 Å². The second-order valence-electron chi connectivity index (χ2n) is 4.17. The third-order valence-electron chi connectivity index (χ3n) is 3.09. The fourth-order valence-corrected chi connectivity index (χ4v) is 2.25. The van der Waals surface area contributed by atoms with Crippen LogP contribution in [0.4, 0.5) is 5.69 Å². The number of hydrogen-bond donors (Lipinski definition) is 0. The highest BCUT2D eigenvalue weighted by Gasteiger charge is 2.13. The molecule has 0 amide bonds. The number of rotatable bonds is 1. The number of nitrogens with zero attached hydrogens (tertiary/aromatic N) is 1. The molecule has 0 N–H and O–H groups in total. The van der Waals surface area contributed by atoms with E-state index in [9.17, 15) is 0 Å². The Kier molecular flexibility index (Phi) is 2.76. The third-order valence-corrected chi connectivity index (χ3v) is 3.09. The minimum absolute atomic E-state index is 1.14. The van der Waals surface area contributed by atoms with Crippen molar-refractivity contribution in [3.05, 3.63) is 29.3 Å². The molecule has 14 heavy (non-hydrogen) atoms. The lowest BCUT2D eigenvalue weighted by atomic mass is 10.1. The molecule has 1 aromatic carbocycles. The Morgan fingerprint density at radius 1 is 1.29 bits per heavy atom. The van der Waals surface area contributed by atoms with E-state index >= 15 is 0 Å². The average molecular weight is 189 g/mol. The van der Waals surface area contributed by atoms with Crippen molar-refractivity contribution in [3.8, 4) is 0 Å². The van der Waals surface area contributed by atoms with E-state index in [1.165, 1.54) is 42.6 Å². The van der Waals surface area contributed by atoms with Crippen molar-refractivity contribution in [2.45, 2.75) is 33.1 Å². The van der Waals surface area contributed by atoms with E-state index in [0.717, 1.165) is 6.54 Å². The van der Waals surface area contributed by atoms with Gasteiger partial charge in [0.25, 0.3) is 0 Å². The van der Waals surface area contributed by atoms with Gasteiger partial charge in [0.1, 0.15) is 0 Å². The summed E-state index contributed by atoms with van der Waals surface area (Å²) in [7, 11) is 0. The molecule has 0 bridgehead atoms. The number of fused-ring (bicyclic) bond motifs is 1. The quantitative estimate of drug-likeness (QED) is 0.656. The lowest BCUT2D eigenvalue weighted by molar-refractivity contribution is 0.727. The summed E-state index contributed by atoms with van der Waals surface area (Å²) in [6.07, 6.45) is 3.93. The van der Waals surface area contributed by atoms with E-state index in [1.54, 1.807) is 0 Å². The molecule has 0 atom stereocenters. The van der Waals surface area contributed by atoms with Gasteiger partial charge in [0.15, 0.2) is 0 Å². The molecule has 0 unspecified atom stereocenters. The van der Waals surface area contributed by atoms with E-state index in [1.807, 2.05) is 0 Å². The highest BCUT2D eigenvalue weighted by Crippen LogP contribution is 2.26. The van der Waals surface area contributed by atoms with Crippen LogP contribution in [0.2, 0.25) is 0 Å². The van der Waals surface area contributed by atoms with E-state index < -0.39 is 0 Å². The van der Waals surface area contributed by atoms with Gasteiger partial charge in [-0.25, -0.2) is 0 Å². The zero-order valence-corrected chi connectivity index (χ0v) is 9.21. The van der Waals surface area contributed by atoms with Crippen LogP contribution in [0.15, 0.2) is 18.2 Å². The molecule has 0 spiro atoms. The fraction of sp³-hybridized carbons (Fsp3) is 0.538. The molecule has 76 valence electrons. The highest BCUT2D eigenvalue weighted by atomic mass is 15.1. The summed E-state index contributed by atoms with van der Waals surface area (Å²) in [5.74, 6) is 0. The van der Waals surface area contributed by atoms with Gasteiger partial charge in [-0.05, 0) is 50.3 Å². The normalized spacial score (nSPS) is 16.3. The number of anilines is 1. The van der Waals surface area contributed by atoms with Gasteiger partial charge < -0.3 is 4.90 Å². The molecule has 1 heteroatoms. The smallest absolute Gasteiger partial charge is 0.0401 e. The molecule has 0 fully saturated rings. The maximum absolute atomic E-state index is 2.51. The minimum Gasteiger partial charge on any atom is -0.372 e. The predicted octanol–water partition coefficient (Wildman–Crippen LogP) is 3.16. The number of hydrogen-bond acceptors (Lipinski definition) is 1. The first-order valence-electron chi connectivity index (χ1n) is 5.65. The zero-order valence-electron chi connectivity index (χ0n) is 9.21. The Bertz CT molecular complexity index is 317. The summed E-state index contributed by atoms with van der Waals surface area (Å²) in [5, 5.41) is 0. The van der Waals surface area contributed by atoms with Crippen molar-refractivity contribution in [2.24, 2.45) is 0 Å². The van der Waals surface area contributed by atoms with Crippen LogP contribution in [-0.4, -0.2) is 13.1 Å². The largest absolute Gasteiger partial charge is 0.372 e. The van der Waals surface area contributed by atoms with Crippen molar-refractivity contribution in [3.63, 3.8) is 0 Å². The first kappa shape index (κ1) is 9.57. The van der Waals surface area contributed by atoms with E-state index in [4.69, 9.17) is 0 Å². The molecule has 1 aliphatic heterocycles. The van der Waals surface area contributed by atoms with Crippen molar-refractivity contribution in [1.82, 2.24) is 0 Å². The van der Waals surface area contributed by atoms with Gasteiger partial charge in [-0.1, -0.05) is 12.1 Å². The molecular weight excluding hydrogens is 170 g/mol. The molecule has 0 radical (unpaired) electrons. The first-order chi connectivity index (χ1) is 6.81. The van der Waals surface area contributed by atoms with Gasteiger partial charge in [-0.3, -0.25) is 0 Å². The van der Waals surface area contributed by atoms with Crippen LogP contribution in [0.25, 0.3) is 0 Å². The third kappa shape index (κ3) is 1.77. The van der Waals surface area contributed by atoms with Gasteiger partial charge >= 0.3 is 0 Å². The lowest BCUT2D eigenvalue weighted by Crippen LogP contribution is -2.23. The second kappa shape index (κ2) is 4.04. The van der Waals surface area contributed by atoms with Crippen molar-refractivity contribution in [2.75, 3.05) is 18.0 Å².